The lowest BCUT2D eigenvalue weighted by atomic mass is 9.87. The highest BCUT2D eigenvalue weighted by Gasteiger charge is 2.25. The molecule has 1 saturated carbocycles. The summed E-state index contributed by atoms with van der Waals surface area (Å²) in [5.41, 5.74) is 2.67. The molecule has 5 nitrogen and oxygen atoms in total. The van der Waals surface area contributed by atoms with E-state index >= 15 is 0 Å². The van der Waals surface area contributed by atoms with Crippen LogP contribution in [0.4, 0.5) is 0 Å². The van der Waals surface area contributed by atoms with Crippen molar-refractivity contribution in [2.24, 2.45) is 17.8 Å². The second kappa shape index (κ2) is 15.0. The molecular formula is C35H54N2O3. The predicted octanol–water partition coefficient (Wildman–Crippen LogP) is 5.75. The van der Waals surface area contributed by atoms with Gasteiger partial charge in [-0.05, 0) is 101 Å². The van der Waals surface area contributed by atoms with Gasteiger partial charge in [-0.1, -0.05) is 50.3 Å². The fourth-order valence-electron chi connectivity index (χ4n) is 6.00. The van der Waals surface area contributed by atoms with E-state index in [-0.39, 0.29) is 17.4 Å². The van der Waals surface area contributed by atoms with E-state index in [0.29, 0.717) is 18.4 Å². The third kappa shape index (κ3) is 10.2. The number of carbonyl (C=O) groups is 1. The molecule has 0 radical (unpaired) electrons. The quantitative estimate of drug-likeness (QED) is 0.217. The first-order chi connectivity index (χ1) is 18.9. The molecule has 1 amide bonds. The molecule has 2 fully saturated rings. The Hall–Kier alpha value is -2.37. The number of carbonyl (C=O) groups excluding carboxylic acids is 1. The average molecular weight is 551 g/mol. The summed E-state index contributed by atoms with van der Waals surface area (Å²) in [6.45, 7) is 28.2. The van der Waals surface area contributed by atoms with Gasteiger partial charge in [0, 0.05) is 37.7 Å². The lowest BCUT2D eigenvalue weighted by Gasteiger charge is -2.27. The minimum atomic E-state index is -0.181. The molecule has 3 rings (SSSR count). The van der Waals surface area contributed by atoms with Gasteiger partial charge in [0.2, 0.25) is 0 Å². The van der Waals surface area contributed by atoms with Crippen LogP contribution in [0.25, 0.3) is 12.7 Å². The van der Waals surface area contributed by atoms with Crippen LogP contribution in [0.15, 0.2) is 36.6 Å². The molecule has 3 unspecified atom stereocenters. The molecule has 2 aliphatic rings. The maximum Gasteiger partial charge on any atom is 0.251 e. The summed E-state index contributed by atoms with van der Waals surface area (Å²) < 4.78 is 11.5. The fourth-order valence-corrected chi connectivity index (χ4v) is 6.00. The number of rotatable bonds is 11. The van der Waals surface area contributed by atoms with Crippen molar-refractivity contribution in [1.29, 1.82) is 0 Å². The molecule has 0 bridgehead atoms. The average Bonchev–Trinajstić information content (AvgIpc) is 3.13. The van der Waals surface area contributed by atoms with Crippen molar-refractivity contribution in [3.8, 4) is 0 Å². The Morgan fingerprint density at radius 3 is 2.58 bits per heavy atom. The zero-order valence-electron chi connectivity index (χ0n) is 25.9. The Balaban J connectivity index is 1.61. The van der Waals surface area contributed by atoms with Crippen LogP contribution < -0.4 is 15.8 Å². The number of hydrogen-bond donors (Lipinski definition) is 1. The van der Waals surface area contributed by atoms with Gasteiger partial charge >= 0.3 is 0 Å². The molecule has 0 spiro atoms. The van der Waals surface area contributed by atoms with Gasteiger partial charge in [-0.25, -0.2) is 0 Å². The molecule has 5 heteroatoms. The summed E-state index contributed by atoms with van der Waals surface area (Å²) in [6, 6.07) is 4.06. The SMILES string of the molecule is C=C(C)C(/C=c1/cc(C(=O)NCCN2CCOCC2)c(C)cc1=C)CCC1CCCC(C(=C)OC(C)(C)C)CC1. The first-order valence-electron chi connectivity index (χ1n) is 15.4. The number of nitrogens with one attached hydrogen (secondary N) is 1. The van der Waals surface area contributed by atoms with E-state index in [9.17, 15) is 4.79 Å². The van der Waals surface area contributed by atoms with Crippen LogP contribution in [-0.4, -0.2) is 55.8 Å². The summed E-state index contributed by atoms with van der Waals surface area (Å²) in [4.78, 5) is 15.4. The predicted molar refractivity (Wildman–Crippen MR) is 168 cm³/mol. The largest absolute Gasteiger partial charge is 0.493 e. The van der Waals surface area contributed by atoms with Crippen LogP contribution in [0.2, 0.25) is 0 Å². The van der Waals surface area contributed by atoms with Gasteiger partial charge in [0.25, 0.3) is 5.91 Å². The number of ether oxygens (including phenoxy) is 2. The van der Waals surface area contributed by atoms with Crippen LogP contribution >= 0.6 is 0 Å². The van der Waals surface area contributed by atoms with Crippen LogP contribution in [0.5, 0.6) is 0 Å². The standard InChI is InChI=1S/C35H54N2O3/c1-25(2)31(15-13-29-10-9-11-30(14-12-29)28(5)40-35(6,7)8)23-32-24-33(27(4)22-26(32)3)34(38)36-16-17-37-18-20-39-21-19-37/h22-24,29-31H,1,3,5,9-21H2,2,4,6-8H3,(H,36,38)/b32-23-. The van der Waals surface area contributed by atoms with Crippen molar-refractivity contribution in [3.05, 3.63) is 58.2 Å². The normalized spacial score (nSPS) is 21.9. The van der Waals surface area contributed by atoms with E-state index in [2.05, 4.69) is 63.7 Å². The molecule has 1 aromatic carbocycles. The Bertz CT molecular complexity index is 1130. The van der Waals surface area contributed by atoms with Crippen LogP contribution in [0, 0.1) is 24.7 Å². The van der Waals surface area contributed by atoms with E-state index in [0.717, 1.165) is 78.6 Å². The maximum atomic E-state index is 13.1. The monoisotopic (exact) mass is 550 g/mol. The lowest BCUT2D eigenvalue weighted by molar-refractivity contribution is 0.0326. The van der Waals surface area contributed by atoms with E-state index in [1.807, 2.05) is 19.1 Å². The first kappa shape index (κ1) is 32.1. The molecular weight excluding hydrogens is 496 g/mol. The Labute approximate surface area is 243 Å². The second-order valence-corrected chi connectivity index (χ2v) is 13.0. The van der Waals surface area contributed by atoms with Gasteiger partial charge in [0.15, 0.2) is 0 Å². The molecule has 0 aromatic heterocycles. The molecule has 222 valence electrons. The number of aryl methyl sites for hydroxylation is 1. The highest BCUT2D eigenvalue weighted by molar-refractivity contribution is 5.95. The van der Waals surface area contributed by atoms with E-state index < -0.39 is 0 Å². The topological polar surface area (TPSA) is 50.8 Å². The number of hydrogen-bond acceptors (Lipinski definition) is 4. The summed E-state index contributed by atoms with van der Waals surface area (Å²) >= 11 is 0. The zero-order chi connectivity index (χ0) is 29.3. The molecule has 1 saturated heterocycles. The van der Waals surface area contributed by atoms with Crippen molar-refractivity contribution in [1.82, 2.24) is 10.2 Å². The number of allylic oxidation sites excluding steroid dienone is 2. The molecule has 1 aliphatic heterocycles. The third-order valence-corrected chi connectivity index (χ3v) is 8.43. The fraction of sp³-hybridized carbons (Fsp3) is 0.629. The number of nitrogens with zero attached hydrogens (tertiary/aromatic N) is 1. The Kier molecular flexibility index (Phi) is 12.1. The Morgan fingerprint density at radius 1 is 1.18 bits per heavy atom. The van der Waals surface area contributed by atoms with E-state index in [1.165, 1.54) is 32.1 Å². The molecule has 40 heavy (non-hydrogen) atoms. The highest BCUT2D eigenvalue weighted by atomic mass is 16.5. The first-order valence-corrected chi connectivity index (χ1v) is 15.4. The molecule has 1 aromatic rings. The Morgan fingerprint density at radius 2 is 1.90 bits per heavy atom. The molecule has 3 atom stereocenters. The number of benzene rings is 1. The van der Waals surface area contributed by atoms with Crippen molar-refractivity contribution in [2.45, 2.75) is 85.2 Å². The van der Waals surface area contributed by atoms with Gasteiger partial charge in [-0.2, -0.15) is 0 Å². The van der Waals surface area contributed by atoms with Crippen molar-refractivity contribution >= 4 is 18.6 Å². The van der Waals surface area contributed by atoms with Gasteiger partial charge < -0.3 is 14.8 Å². The smallest absolute Gasteiger partial charge is 0.251 e. The summed E-state index contributed by atoms with van der Waals surface area (Å²) in [7, 11) is 0. The van der Waals surface area contributed by atoms with Crippen molar-refractivity contribution < 1.29 is 14.3 Å². The number of amides is 1. The van der Waals surface area contributed by atoms with E-state index in [4.69, 9.17) is 9.47 Å². The van der Waals surface area contributed by atoms with Crippen molar-refractivity contribution in [2.75, 3.05) is 39.4 Å². The van der Waals surface area contributed by atoms with Crippen LogP contribution in [0.3, 0.4) is 0 Å². The number of morpholine rings is 1. The third-order valence-electron chi connectivity index (χ3n) is 8.43. The summed E-state index contributed by atoms with van der Waals surface area (Å²) in [6.07, 6.45) is 10.6. The summed E-state index contributed by atoms with van der Waals surface area (Å²) in [5.74, 6) is 2.39. The van der Waals surface area contributed by atoms with Crippen molar-refractivity contribution in [3.63, 3.8) is 0 Å². The van der Waals surface area contributed by atoms with Gasteiger partial charge in [-0.15, -0.1) is 0 Å². The minimum Gasteiger partial charge on any atom is -0.493 e. The molecule has 1 heterocycles. The maximum absolute atomic E-state index is 13.1. The summed E-state index contributed by atoms with van der Waals surface area (Å²) in [5, 5.41) is 5.12. The zero-order valence-corrected chi connectivity index (χ0v) is 25.9. The highest BCUT2D eigenvalue weighted by Crippen LogP contribution is 2.36. The van der Waals surface area contributed by atoms with Gasteiger partial charge in [0.05, 0.1) is 19.0 Å². The second-order valence-electron chi connectivity index (χ2n) is 13.0. The molecule has 1 aliphatic carbocycles. The minimum absolute atomic E-state index is 0.0164. The lowest BCUT2D eigenvalue weighted by Crippen LogP contribution is -2.41. The van der Waals surface area contributed by atoms with Crippen LogP contribution in [-0.2, 0) is 9.47 Å². The molecule has 1 N–H and O–H groups in total. The van der Waals surface area contributed by atoms with Gasteiger partial charge in [-0.3, -0.25) is 9.69 Å². The van der Waals surface area contributed by atoms with E-state index in [1.54, 1.807) is 0 Å². The van der Waals surface area contributed by atoms with Gasteiger partial charge in [0.1, 0.15) is 5.60 Å². The van der Waals surface area contributed by atoms with Crippen LogP contribution in [0.1, 0.15) is 88.6 Å².